The van der Waals surface area contributed by atoms with Crippen LogP contribution < -0.4 is 5.32 Å². The van der Waals surface area contributed by atoms with Gasteiger partial charge in [0.2, 0.25) is 0 Å². The van der Waals surface area contributed by atoms with E-state index in [2.05, 4.69) is 36.0 Å². The summed E-state index contributed by atoms with van der Waals surface area (Å²) in [5.74, 6) is 0.809. The van der Waals surface area contributed by atoms with E-state index in [9.17, 15) is 0 Å². The van der Waals surface area contributed by atoms with Crippen molar-refractivity contribution >= 4 is 0 Å². The summed E-state index contributed by atoms with van der Waals surface area (Å²) in [6, 6.07) is 3.36. The van der Waals surface area contributed by atoms with Crippen molar-refractivity contribution in [1.82, 2.24) is 15.1 Å². The second kappa shape index (κ2) is 6.33. The van der Waals surface area contributed by atoms with Crippen molar-refractivity contribution in [2.75, 3.05) is 26.7 Å². The largest absolute Gasteiger partial charge is 0.314 e. The topological polar surface area (TPSA) is 18.5 Å². The molecule has 1 N–H and O–H groups in total. The van der Waals surface area contributed by atoms with Crippen LogP contribution in [0.1, 0.15) is 52.4 Å². The fourth-order valence-electron chi connectivity index (χ4n) is 4.96. The van der Waals surface area contributed by atoms with E-state index in [1.807, 2.05) is 0 Å². The third-order valence-electron chi connectivity index (χ3n) is 6.23. The van der Waals surface area contributed by atoms with E-state index >= 15 is 0 Å². The highest BCUT2D eigenvalue weighted by atomic mass is 15.2. The average molecular weight is 279 g/mol. The Labute approximate surface area is 125 Å². The molecule has 116 valence electrons. The Morgan fingerprint density at radius 2 is 1.75 bits per heavy atom. The van der Waals surface area contributed by atoms with Crippen molar-refractivity contribution in [2.45, 2.75) is 76.5 Å². The molecular weight excluding hydrogens is 246 g/mol. The maximum atomic E-state index is 3.67. The van der Waals surface area contributed by atoms with E-state index in [0.29, 0.717) is 0 Å². The Balaban J connectivity index is 1.58. The van der Waals surface area contributed by atoms with Gasteiger partial charge in [-0.25, -0.2) is 0 Å². The molecule has 20 heavy (non-hydrogen) atoms. The van der Waals surface area contributed by atoms with E-state index in [1.54, 1.807) is 0 Å². The van der Waals surface area contributed by atoms with Crippen molar-refractivity contribution in [3.05, 3.63) is 0 Å². The summed E-state index contributed by atoms with van der Waals surface area (Å²) >= 11 is 0. The summed E-state index contributed by atoms with van der Waals surface area (Å²) < 4.78 is 0. The second-order valence-electron chi connectivity index (χ2n) is 7.45. The SMILES string of the molecule is CCNC1CCN(C2CC3CCCC(C2)N3C)CC1C. The minimum absolute atomic E-state index is 0.752. The van der Waals surface area contributed by atoms with Gasteiger partial charge in [-0.2, -0.15) is 0 Å². The second-order valence-corrected chi connectivity index (χ2v) is 7.45. The molecule has 3 fully saturated rings. The Morgan fingerprint density at radius 3 is 2.35 bits per heavy atom. The van der Waals surface area contributed by atoms with Crippen molar-refractivity contribution < 1.29 is 0 Å². The summed E-state index contributed by atoms with van der Waals surface area (Å²) in [6.45, 7) is 8.42. The minimum atomic E-state index is 0.752. The molecule has 0 radical (unpaired) electrons. The van der Waals surface area contributed by atoms with Crippen molar-refractivity contribution in [2.24, 2.45) is 5.92 Å². The summed E-state index contributed by atoms with van der Waals surface area (Å²) in [5, 5.41) is 3.67. The van der Waals surface area contributed by atoms with Gasteiger partial charge < -0.3 is 10.2 Å². The van der Waals surface area contributed by atoms with Gasteiger partial charge in [0.25, 0.3) is 0 Å². The summed E-state index contributed by atoms with van der Waals surface area (Å²) in [7, 11) is 2.37. The van der Waals surface area contributed by atoms with Gasteiger partial charge in [-0.05, 0) is 58.2 Å². The van der Waals surface area contributed by atoms with E-state index in [-0.39, 0.29) is 0 Å². The molecule has 4 unspecified atom stereocenters. The predicted molar refractivity (Wildman–Crippen MR) is 85.0 cm³/mol. The van der Waals surface area contributed by atoms with Crippen molar-refractivity contribution in [3.8, 4) is 0 Å². The van der Waals surface area contributed by atoms with Crippen LogP contribution in [0.5, 0.6) is 0 Å². The average Bonchev–Trinajstić information content (AvgIpc) is 2.41. The number of rotatable bonds is 3. The minimum Gasteiger partial charge on any atom is -0.314 e. The van der Waals surface area contributed by atoms with E-state index in [4.69, 9.17) is 0 Å². The lowest BCUT2D eigenvalue weighted by atomic mass is 9.80. The maximum absolute atomic E-state index is 3.67. The highest BCUT2D eigenvalue weighted by Gasteiger charge is 2.39. The smallest absolute Gasteiger partial charge is 0.0125 e. The van der Waals surface area contributed by atoms with Gasteiger partial charge in [0, 0.05) is 30.7 Å². The monoisotopic (exact) mass is 279 g/mol. The fraction of sp³-hybridized carbons (Fsp3) is 1.00. The molecule has 0 aromatic rings. The van der Waals surface area contributed by atoms with Gasteiger partial charge in [0.1, 0.15) is 0 Å². The molecule has 3 aliphatic rings. The van der Waals surface area contributed by atoms with E-state index in [0.717, 1.165) is 36.6 Å². The third kappa shape index (κ3) is 2.90. The first-order valence-corrected chi connectivity index (χ1v) is 8.88. The Morgan fingerprint density at radius 1 is 1.05 bits per heavy atom. The van der Waals surface area contributed by atoms with Crippen LogP contribution in [0.4, 0.5) is 0 Å². The van der Waals surface area contributed by atoms with Crippen molar-refractivity contribution in [1.29, 1.82) is 0 Å². The van der Waals surface area contributed by atoms with Gasteiger partial charge in [-0.3, -0.25) is 4.90 Å². The van der Waals surface area contributed by atoms with Gasteiger partial charge in [-0.15, -0.1) is 0 Å². The quantitative estimate of drug-likeness (QED) is 0.855. The Kier molecular flexibility index (Phi) is 4.68. The first-order valence-electron chi connectivity index (χ1n) is 8.88. The standard InChI is InChI=1S/C17H33N3/c1-4-18-17-8-9-20(12-13(17)2)16-10-14-6-5-7-15(11-16)19(14)3/h13-18H,4-12H2,1-3H3. The van der Waals surface area contributed by atoms with Crippen LogP contribution in [0.3, 0.4) is 0 Å². The summed E-state index contributed by atoms with van der Waals surface area (Å²) in [4.78, 5) is 5.52. The van der Waals surface area contributed by atoms with Crippen LogP contribution >= 0.6 is 0 Å². The lowest BCUT2D eigenvalue weighted by molar-refractivity contribution is -0.00718. The normalized spacial score (nSPS) is 43.6. The molecule has 0 amide bonds. The first kappa shape index (κ1) is 14.8. The molecule has 3 nitrogen and oxygen atoms in total. The third-order valence-corrected chi connectivity index (χ3v) is 6.23. The van der Waals surface area contributed by atoms with E-state index in [1.165, 1.54) is 51.6 Å². The van der Waals surface area contributed by atoms with Crippen LogP contribution in [0.2, 0.25) is 0 Å². The highest BCUT2D eigenvalue weighted by molar-refractivity contribution is 4.96. The number of hydrogen-bond donors (Lipinski definition) is 1. The highest BCUT2D eigenvalue weighted by Crippen LogP contribution is 2.36. The van der Waals surface area contributed by atoms with Gasteiger partial charge in [-0.1, -0.05) is 20.3 Å². The molecule has 3 aliphatic heterocycles. The van der Waals surface area contributed by atoms with Crippen LogP contribution in [0, 0.1) is 5.92 Å². The number of nitrogens with zero attached hydrogens (tertiary/aromatic N) is 2. The summed E-state index contributed by atoms with van der Waals surface area (Å²) in [5.41, 5.74) is 0. The number of hydrogen-bond acceptors (Lipinski definition) is 3. The molecule has 0 aromatic carbocycles. The molecule has 3 heteroatoms. The molecule has 0 aliphatic carbocycles. The number of fused-ring (bicyclic) bond motifs is 2. The zero-order valence-electron chi connectivity index (χ0n) is 13.6. The Hall–Kier alpha value is -0.120. The molecule has 0 aromatic heterocycles. The Bertz CT molecular complexity index is 305. The zero-order valence-corrected chi connectivity index (χ0v) is 13.6. The van der Waals surface area contributed by atoms with Crippen LogP contribution in [-0.2, 0) is 0 Å². The first-order chi connectivity index (χ1) is 9.69. The molecule has 0 spiro atoms. The van der Waals surface area contributed by atoms with Crippen LogP contribution in [0.15, 0.2) is 0 Å². The molecular formula is C17H33N3. The number of likely N-dealkylation sites (tertiary alicyclic amines) is 1. The molecule has 2 bridgehead atoms. The lowest BCUT2D eigenvalue weighted by Gasteiger charge is -2.51. The molecule has 4 atom stereocenters. The lowest BCUT2D eigenvalue weighted by Crippen LogP contribution is -2.58. The van der Waals surface area contributed by atoms with Crippen LogP contribution in [0.25, 0.3) is 0 Å². The molecule has 3 saturated heterocycles. The molecule has 0 saturated carbocycles. The predicted octanol–water partition coefficient (Wildman–Crippen LogP) is 2.32. The van der Waals surface area contributed by atoms with Crippen LogP contribution in [-0.4, -0.2) is 60.6 Å². The maximum Gasteiger partial charge on any atom is 0.0125 e. The molecule has 3 rings (SSSR count). The number of piperidine rings is 3. The fourth-order valence-corrected chi connectivity index (χ4v) is 4.96. The number of nitrogens with one attached hydrogen (secondary N) is 1. The van der Waals surface area contributed by atoms with Gasteiger partial charge in [0.15, 0.2) is 0 Å². The zero-order chi connectivity index (χ0) is 14.1. The van der Waals surface area contributed by atoms with E-state index < -0.39 is 0 Å². The van der Waals surface area contributed by atoms with Gasteiger partial charge in [0.05, 0.1) is 0 Å². The van der Waals surface area contributed by atoms with Crippen molar-refractivity contribution in [3.63, 3.8) is 0 Å². The molecule has 3 heterocycles. The van der Waals surface area contributed by atoms with Gasteiger partial charge >= 0.3 is 0 Å². The summed E-state index contributed by atoms with van der Waals surface area (Å²) in [6.07, 6.45) is 8.53.